The van der Waals surface area contributed by atoms with Crippen LogP contribution in [0.2, 0.25) is 0 Å². The van der Waals surface area contributed by atoms with Crippen LogP contribution in [0.15, 0.2) is 59.7 Å². The third kappa shape index (κ3) is 3.65. The van der Waals surface area contributed by atoms with Crippen molar-refractivity contribution in [2.24, 2.45) is 0 Å². The molecular weight excluding hydrogens is 345 g/mol. The molecule has 0 unspecified atom stereocenters. The molecule has 0 spiro atoms. The Hall–Kier alpha value is -3.28. The molecule has 2 aromatic heterocycles. The number of aromatic nitrogens is 2. The maximum absolute atomic E-state index is 13.7. The van der Waals surface area contributed by atoms with Crippen molar-refractivity contribution in [2.75, 3.05) is 5.32 Å². The lowest BCUT2D eigenvalue weighted by Gasteiger charge is -2.19. The molecule has 6 heteroatoms. The van der Waals surface area contributed by atoms with Crippen molar-refractivity contribution in [1.82, 2.24) is 9.97 Å². The van der Waals surface area contributed by atoms with Gasteiger partial charge in [0.25, 0.3) is 5.91 Å². The van der Waals surface area contributed by atoms with Crippen LogP contribution in [0, 0.1) is 5.82 Å². The molecule has 1 N–H and O–H groups in total. The molecule has 3 aromatic rings. The predicted molar refractivity (Wildman–Crippen MR) is 100 cm³/mol. The second-order valence-electron chi connectivity index (χ2n) is 6.42. The van der Waals surface area contributed by atoms with E-state index in [1.165, 1.54) is 29.8 Å². The molecule has 1 amide bonds. The van der Waals surface area contributed by atoms with Gasteiger partial charge in [0, 0.05) is 17.5 Å². The number of carbonyl (C=O) groups is 1. The van der Waals surface area contributed by atoms with Gasteiger partial charge in [-0.05, 0) is 55.0 Å². The van der Waals surface area contributed by atoms with Crippen molar-refractivity contribution in [2.45, 2.75) is 25.7 Å². The van der Waals surface area contributed by atoms with E-state index in [1.54, 1.807) is 6.20 Å². The van der Waals surface area contributed by atoms with Crippen LogP contribution < -0.4 is 5.32 Å². The number of rotatable bonds is 4. The number of benzene rings is 1. The number of oxazole rings is 1. The summed E-state index contributed by atoms with van der Waals surface area (Å²) in [5.41, 5.74) is 4.11. The monoisotopic (exact) mass is 363 g/mol. The molecule has 136 valence electrons. The zero-order valence-electron chi connectivity index (χ0n) is 14.6. The van der Waals surface area contributed by atoms with E-state index < -0.39 is 11.7 Å². The second kappa shape index (κ2) is 7.53. The van der Waals surface area contributed by atoms with Crippen LogP contribution in [0.5, 0.6) is 0 Å². The van der Waals surface area contributed by atoms with Gasteiger partial charge in [-0.3, -0.25) is 9.78 Å². The van der Waals surface area contributed by atoms with Crippen LogP contribution in [0.3, 0.4) is 0 Å². The Kier molecular flexibility index (Phi) is 4.78. The van der Waals surface area contributed by atoms with E-state index in [-0.39, 0.29) is 5.56 Å². The van der Waals surface area contributed by atoms with Crippen molar-refractivity contribution in [3.05, 3.63) is 78.0 Å². The van der Waals surface area contributed by atoms with E-state index in [9.17, 15) is 9.18 Å². The lowest BCUT2D eigenvalue weighted by Crippen LogP contribution is -2.13. The lowest BCUT2D eigenvalue weighted by molar-refractivity contribution is 0.102. The number of halogens is 1. The number of nitrogens with zero attached hydrogens (tertiary/aromatic N) is 2. The largest absolute Gasteiger partial charge is 0.444 e. The Morgan fingerprint density at radius 3 is 2.48 bits per heavy atom. The van der Waals surface area contributed by atoms with Gasteiger partial charge in [0.2, 0.25) is 0 Å². The predicted octanol–water partition coefficient (Wildman–Crippen LogP) is 4.95. The number of allylic oxidation sites excluding steroid dienone is 2. The molecule has 27 heavy (non-hydrogen) atoms. The van der Waals surface area contributed by atoms with E-state index in [4.69, 9.17) is 4.42 Å². The fourth-order valence-electron chi connectivity index (χ4n) is 3.37. The number of carbonyl (C=O) groups excluding carboxylic acids is 1. The van der Waals surface area contributed by atoms with E-state index in [1.807, 2.05) is 24.3 Å². The summed E-state index contributed by atoms with van der Waals surface area (Å²) in [5.74, 6) is -0.326. The summed E-state index contributed by atoms with van der Waals surface area (Å²) in [6.45, 7) is 0. The molecule has 0 radical (unpaired) electrons. The standard InChI is InChI=1S/C21H18FN3O2/c22-19-11-23-10-9-18(19)21(26)25-15-7-5-14(6-8-15)16-3-1-2-4-17(16)20-12-24-13-27-20/h5-13H,1-4H2,(H,25,26). The third-order valence-corrected chi connectivity index (χ3v) is 4.71. The maximum atomic E-state index is 13.7. The first-order valence-electron chi connectivity index (χ1n) is 8.84. The van der Waals surface area contributed by atoms with Crippen LogP contribution in [-0.2, 0) is 0 Å². The number of nitrogens with one attached hydrogen (secondary N) is 1. The van der Waals surface area contributed by atoms with Gasteiger partial charge >= 0.3 is 0 Å². The number of hydrogen-bond acceptors (Lipinski definition) is 4. The first kappa shape index (κ1) is 17.1. The zero-order valence-corrected chi connectivity index (χ0v) is 14.6. The molecule has 2 heterocycles. The van der Waals surface area contributed by atoms with E-state index >= 15 is 0 Å². The molecule has 0 saturated carbocycles. The normalized spacial score (nSPS) is 14.3. The van der Waals surface area contributed by atoms with E-state index in [0.29, 0.717) is 5.69 Å². The van der Waals surface area contributed by atoms with Gasteiger partial charge in [-0.1, -0.05) is 12.1 Å². The molecule has 5 nitrogen and oxygen atoms in total. The Morgan fingerprint density at radius 2 is 1.78 bits per heavy atom. The topological polar surface area (TPSA) is 68.0 Å². The fourth-order valence-corrected chi connectivity index (χ4v) is 3.37. The van der Waals surface area contributed by atoms with Crippen molar-refractivity contribution in [3.8, 4) is 0 Å². The number of anilines is 1. The van der Waals surface area contributed by atoms with Gasteiger partial charge in [0.15, 0.2) is 18.0 Å². The second-order valence-corrected chi connectivity index (χ2v) is 6.42. The summed E-state index contributed by atoms with van der Waals surface area (Å²) < 4.78 is 19.2. The minimum Gasteiger partial charge on any atom is -0.444 e. The Labute approximate surface area is 156 Å². The van der Waals surface area contributed by atoms with Crippen LogP contribution in [-0.4, -0.2) is 15.9 Å². The first-order valence-corrected chi connectivity index (χ1v) is 8.84. The van der Waals surface area contributed by atoms with Crippen molar-refractivity contribution in [1.29, 1.82) is 0 Å². The van der Waals surface area contributed by atoms with Gasteiger partial charge in [0.05, 0.1) is 18.0 Å². The van der Waals surface area contributed by atoms with Crippen molar-refractivity contribution in [3.63, 3.8) is 0 Å². The SMILES string of the molecule is O=C(Nc1ccc(C2=C(c3cnco3)CCCC2)cc1)c1ccncc1F. The fraction of sp³-hybridized carbons (Fsp3) is 0.190. The highest BCUT2D eigenvalue weighted by molar-refractivity contribution is 6.04. The highest BCUT2D eigenvalue weighted by Crippen LogP contribution is 2.38. The average molecular weight is 363 g/mol. The molecular formula is C21H18FN3O2. The summed E-state index contributed by atoms with van der Waals surface area (Å²) >= 11 is 0. The number of amides is 1. The number of hydrogen-bond donors (Lipinski definition) is 1. The molecule has 1 aromatic carbocycles. The summed E-state index contributed by atoms with van der Waals surface area (Å²) in [7, 11) is 0. The molecule has 1 aliphatic carbocycles. The van der Waals surface area contributed by atoms with Crippen LogP contribution in [0.4, 0.5) is 10.1 Å². The molecule has 0 atom stereocenters. The minimum atomic E-state index is -0.643. The zero-order chi connectivity index (χ0) is 18.6. The molecule has 0 aliphatic heterocycles. The van der Waals surface area contributed by atoms with E-state index in [2.05, 4.69) is 15.3 Å². The molecule has 0 fully saturated rings. The quantitative estimate of drug-likeness (QED) is 0.712. The van der Waals surface area contributed by atoms with Gasteiger partial charge in [0.1, 0.15) is 0 Å². The van der Waals surface area contributed by atoms with E-state index in [0.717, 1.165) is 43.2 Å². The van der Waals surface area contributed by atoms with Crippen LogP contribution in [0.25, 0.3) is 11.1 Å². The van der Waals surface area contributed by atoms with Crippen molar-refractivity contribution >= 4 is 22.7 Å². The van der Waals surface area contributed by atoms with Gasteiger partial charge in [-0.25, -0.2) is 9.37 Å². The van der Waals surface area contributed by atoms with Gasteiger partial charge in [-0.2, -0.15) is 0 Å². The first-order chi connectivity index (χ1) is 13.2. The Morgan fingerprint density at radius 1 is 1.00 bits per heavy atom. The van der Waals surface area contributed by atoms with Crippen LogP contribution in [0.1, 0.15) is 47.4 Å². The summed E-state index contributed by atoms with van der Waals surface area (Å²) in [5, 5.41) is 2.72. The highest BCUT2D eigenvalue weighted by atomic mass is 19.1. The highest BCUT2D eigenvalue weighted by Gasteiger charge is 2.18. The summed E-state index contributed by atoms with van der Waals surface area (Å²) in [6, 6.07) is 8.94. The van der Waals surface area contributed by atoms with Crippen LogP contribution >= 0.6 is 0 Å². The summed E-state index contributed by atoms with van der Waals surface area (Å²) in [4.78, 5) is 19.9. The average Bonchev–Trinajstić information content (AvgIpc) is 3.24. The lowest BCUT2D eigenvalue weighted by atomic mass is 9.86. The summed E-state index contributed by atoms with van der Waals surface area (Å²) in [6.07, 6.45) is 9.82. The Bertz CT molecular complexity index is 979. The smallest absolute Gasteiger partial charge is 0.258 e. The van der Waals surface area contributed by atoms with Gasteiger partial charge in [-0.15, -0.1) is 0 Å². The molecule has 0 bridgehead atoms. The molecule has 0 saturated heterocycles. The third-order valence-electron chi connectivity index (χ3n) is 4.71. The molecule has 1 aliphatic rings. The van der Waals surface area contributed by atoms with Crippen molar-refractivity contribution < 1.29 is 13.6 Å². The Balaban J connectivity index is 1.57. The minimum absolute atomic E-state index is 0.0309. The molecule has 4 rings (SSSR count). The van der Waals surface area contributed by atoms with Gasteiger partial charge < -0.3 is 9.73 Å². The maximum Gasteiger partial charge on any atom is 0.258 e. The number of pyridine rings is 1.